The van der Waals surface area contributed by atoms with Crippen LogP contribution in [0.3, 0.4) is 0 Å². The Balaban J connectivity index is 1.79. The Morgan fingerprint density at radius 3 is 2.76 bits per heavy atom. The van der Waals surface area contributed by atoms with Crippen LogP contribution in [0.2, 0.25) is 0 Å². The van der Waals surface area contributed by atoms with Crippen LogP contribution in [0.25, 0.3) is 0 Å². The Kier molecular flexibility index (Phi) is 3.82. The number of carbonyl (C=O) groups excluding carboxylic acids is 1. The van der Waals surface area contributed by atoms with Crippen LogP contribution >= 0.6 is 0 Å². The average molecular weight is 236 g/mol. The van der Waals surface area contributed by atoms with Gasteiger partial charge in [0, 0.05) is 6.54 Å². The van der Waals surface area contributed by atoms with E-state index in [0.717, 1.165) is 12.5 Å². The number of aromatic nitrogens is 1. The zero-order chi connectivity index (χ0) is 12.3. The highest BCUT2D eigenvalue weighted by Gasteiger charge is 2.19. The molecule has 0 spiro atoms. The first-order chi connectivity index (χ1) is 8.16. The smallest absolute Gasteiger partial charge is 0.256 e. The van der Waals surface area contributed by atoms with Gasteiger partial charge < -0.3 is 9.84 Å². The Hall–Kier alpha value is -1.32. The summed E-state index contributed by atoms with van der Waals surface area (Å²) in [6.45, 7) is 4.85. The first kappa shape index (κ1) is 12.1. The van der Waals surface area contributed by atoms with Gasteiger partial charge in [0.15, 0.2) is 0 Å². The molecule has 1 aliphatic carbocycles. The second kappa shape index (κ2) is 5.34. The summed E-state index contributed by atoms with van der Waals surface area (Å²) in [5.74, 6) is 1.42. The highest BCUT2D eigenvalue weighted by molar-refractivity contribution is 5.94. The predicted molar refractivity (Wildman–Crippen MR) is 64.7 cm³/mol. The van der Waals surface area contributed by atoms with Crippen LogP contribution in [0.5, 0.6) is 0 Å². The Morgan fingerprint density at radius 1 is 1.47 bits per heavy atom. The van der Waals surface area contributed by atoms with E-state index in [1.54, 1.807) is 6.92 Å². The van der Waals surface area contributed by atoms with Gasteiger partial charge in [-0.1, -0.05) is 24.9 Å². The summed E-state index contributed by atoms with van der Waals surface area (Å²) in [4.78, 5) is 11.8. The number of nitrogens with one attached hydrogen (secondary N) is 1. The fourth-order valence-electron chi connectivity index (χ4n) is 2.38. The summed E-state index contributed by atoms with van der Waals surface area (Å²) in [7, 11) is 0. The highest BCUT2D eigenvalue weighted by Crippen LogP contribution is 2.27. The third-order valence-electron chi connectivity index (χ3n) is 3.68. The average Bonchev–Trinajstić information content (AvgIpc) is 2.74. The molecule has 94 valence electrons. The molecule has 1 amide bonds. The van der Waals surface area contributed by atoms with Crippen molar-refractivity contribution < 1.29 is 9.32 Å². The van der Waals surface area contributed by atoms with Crippen molar-refractivity contribution in [2.75, 3.05) is 6.54 Å². The normalized spacial score (nSPS) is 24.6. The second-order valence-electron chi connectivity index (χ2n) is 5.15. The molecule has 0 unspecified atom stereocenters. The van der Waals surface area contributed by atoms with Crippen LogP contribution in [0.4, 0.5) is 0 Å². The van der Waals surface area contributed by atoms with Gasteiger partial charge in [0.25, 0.3) is 5.91 Å². The minimum absolute atomic E-state index is 0.0672. The van der Waals surface area contributed by atoms with E-state index in [2.05, 4.69) is 17.4 Å². The molecule has 4 heteroatoms. The number of nitrogens with zero attached hydrogens (tertiary/aromatic N) is 1. The monoisotopic (exact) mass is 236 g/mol. The molecule has 1 fully saturated rings. The van der Waals surface area contributed by atoms with E-state index in [1.807, 2.05) is 0 Å². The molecule has 1 aromatic rings. The molecule has 1 aromatic heterocycles. The van der Waals surface area contributed by atoms with E-state index < -0.39 is 0 Å². The molecule has 0 aliphatic heterocycles. The van der Waals surface area contributed by atoms with Gasteiger partial charge in [0.2, 0.25) is 0 Å². The van der Waals surface area contributed by atoms with Crippen LogP contribution in [0.15, 0.2) is 10.8 Å². The van der Waals surface area contributed by atoms with E-state index in [9.17, 15) is 4.79 Å². The largest absolute Gasteiger partial charge is 0.364 e. The molecule has 2 rings (SSSR count). The number of amides is 1. The van der Waals surface area contributed by atoms with Gasteiger partial charge in [0.05, 0.1) is 5.69 Å². The van der Waals surface area contributed by atoms with Crippen LogP contribution in [-0.2, 0) is 0 Å². The summed E-state index contributed by atoms with van der Waals surface area (Å²) < 4.78 is 4.76. The van der Waals surface area contributed by atoms with Crippen molar-refractivity contribution in [3.8, 4) is 0 Å². The lowest BCUT2D eigenvalue weighted by Gasteiger charge is -2.26. The van der Waals surface area contributed by atoms with Gasteiger partial charge in [-0.3, -0.25) is 4.79 Å². The first-order valence-corrected chi connectivity index (χ1v) is 6.36. The molecule has 4 nitrogen and oxygen atoms in total. The number of aryl methyl sites for hydroxylation is 1. The lowest BCUT2D eigenvalue weighted by atomic mass is 9.83. The molecule has 17 heavy (non-hydrogen) atoms. The lowest BCUT2D eigenvalue weighted by Crippen LogP contribution is -2.31. The van der Waals surface area contributed by atoms with Gasteiger partial charge in [-0.05, 0) is 31.6 Å². The number of hydrogen-bond donors (Lipinski definition) is 1. The van der Waals surface area contributed by atoms with E-state index >= 15 is 0 Å². The molecule has 1 aliphatic rings. The Morgan fingerprint density at radius 2 is 2.18 bits per heavy atom. The molecule has 1 heterocycles. The summed E-state index contributed by atoms with van der Waals surface area (Å²) in [6, 6.07) is 0. The quantitative estimate of drug-likeness (QED) is 0.877. The third-order valence-corrected chi connectivity index (χ3v) is 3.68. The van der Waals surface area contributed by atoms with Gasteiger partial charge in [-0.2, -0.15) is 0 Å². The van der Waals surface area contributed by atoms with Crippen LogP contribution < -0.4 is 5.32 Å². The lowest BCUT2D eigenvalue weighted by molar-refractivity contribution is 0.0940. The fraction of sp³-hybridized carbons (Fsp3) is 0.692. The summed E-state index contributed by atoms with van der Waals surface area (Å²) in [6.07, 6.45) is 6.43. The molecule has 1 saturated carbocycles. The van der Waals surface area contributed by atoms with Gasteiger partial charge in [-0.15, -0.1) is 0 Å². The van der Waals surface area contributed by atoms with E-state index in [4.69, 9.17) is 4.52 Å². The SMILES string of the molecule is Cc1nocc1C(=O)NCC1CCC(C)CC1. The van der Waals surface area contributed by atoms with Gasteiger partial charge >= 0.3 is 0 Å². The van der Waals surface area contributed by atoms with Crippen molar-refractivity contribution in [3.63, 3.8) is 0 Å². The zero-order valence-electron chi connectivity index (χ0n) is 10.5. The topological polar surface area (TPSA) is 55.1 Å². The van der Waals surface area contributed by atoms with Crippen molar-refractivity contribution in [1.82, 2.24) is 10.5 Å². The maximum absolute atomic E-state index is 11.8. The van der Waals surface area contributed by atoms with Crippen molar-refractivity contribution >= 4 is 5.91 Å². The second-order valence-corrected chi connectivity index (χ2v) is 5.15. The molecule has 1 N–H and O–H groups in total. The van der Waals surface area contributed by atoms with Crippen molar-refractivity contribution in [1.29, 1.82) is 0 Å². The maximum atomic E-state index is 11.8. The standard InChI is InChI=1S/C13H20N2O2/c1-9-3-5-11(6-4-9)7-14-13(16)12-8-17-15-10(12)2/h8-9,11H,3-7H2,1-2H3,(H,14,16). The molecule has 0 atom stereocenters. The summed E-state index contributed by atoms with van der Waals surface area (Å²) >= 11 is 0. The predicted octanol–water partition coefficient (Wildman–Crippen LogP) is 2.54. The minimum atomic E-state index is -0.0672. The summed E-state index contributed by atoms with van der Waals surface area (Å²) in [5.41, 5.74) is 1.20. The molecular formula is C13H20N2O2. The maximum Gasteiger partial charge on any atom is 0.256 e. The van der Waals surface area contributed by atoms with Crippen LogP contribution in [-0.4, -0.2) is 17.6 Å². The van der Waals surface area contributed by atoms with Crippen LogP contribution in [0.1, 0.15) is 48.7 Å². The van der Waals surface area contributed by atoms with Crippen molar-refractivity contribution in [2.45, 2.75) is 39.5 Å². The van der Waals surface area contributed by atoms with E-state index in [1.165, 1.54) is 31.9 Å². The highest BCUT2D eigenvalue weighted by atomic mass is 16.5. The first-order valence-electron chi connectivity index (χ1n) is 6.36. The molecule has 0 bridgehead atoms. The molecule has 0 radical (unpaired) electrons. The van der Waals surface area contributed by atoms with E-state index in [0.29, 0.717) is 17.2 Å². The Bertz CT molecular complexity index is 379. The van der Waals surface area contributed by atoms with Crippen molar-refractivity contribution in [3.05, 3.63) is 17.5 Å². The molecule has 0 saturated heterocycles. The number of rotatable bonds is 3. The third kappa shape index (κ3) is 3.08. The van der Waals surface area contributed by atoms with Gasteiger partial charge in [-0.25, -0.2) is 0 Å². The van der Waals surface area contributed by atoms with E-state index in [-0.39, 0.29) is 5.91 Å². The summed E-state index contributed by atoms with van der Waals surface area (Å²) in [5, 5.41) is 6.68. The molecular weight excluding hydrogens is 216 g/mol. The molecule has 0 aromatic carbocycles. The zero-order valence-corrected chi connectivity index (χ0v) is 10.5. The Labute approximate surface area is 102 Å². The number of hydrogen-bond acceptors (Lipinski definition) is 3. The minimum Gasteiger partial charge on any atom is -0.364 e. The van der Waals surface area contributed by atoms with Crippen molar-refractivity contribution in [2.24, 2.45) is 11.8 Å². The van der Waals surface area contributed by atoms with Gasteiger partial charge in [0.1, 0.15) is 11.8 Å². The fourth-order valence-corrected chi connectivity index (χ4v) is 2.38. The number of carbonyl (C=O) groups is 1. The van der Waals surface area contributed by atoms with Crippen LogP contribution in [0, 0.1) is 18.8 Å².